The fraction of sp³-hybridized carbons (Fsp3) is 0.650. The molecule has 2 saturated heterocycles. The van der Waals surface area contributed by atoms with Crippen LogP contribution in [-0.4, -0.2) is 37.0 Å². The predicted molar refractivity (Wildman–Crippen MR) is 102 cm³/mol. The number of hydrogen-bond acceptors (Lipinski definition) is 2. The van der Waals surface area contributed by atoms with E-state index in [9.17, 15) is 4.79 Å². The molecule has 1 atom stereocenters. The van der Waals surface area contributed by atoms with Crippen molar-refractivity contribution in [2.45, 2.75) is 51.9 Å². The van der Waals surface area contributed by atoms with Crippen LogP contribution in [0.4, 0.5) is 0 Å². The molecule has 24 heavy (non-hydrogen) atoms. The van der Waals surface area contributed by atoms with Crippen LogP contribution < -0.4 is 5.32 Å². The minimum atomic E-state index is 0. The standard InChI is InChI=1S/C20H30N2O.ClH/c1-3-17-4-6-18(7-5-17)16(2)14-19(23)22-12-9-20(10-13-22)8-11-21-15-20;/h4-7,16,21H,3,8-15H2,1-2H3;1H. The molecule has 1 unspecified atom stereocenters. The molecule has 1 amide bonds. The maximum Gasteiger partial charge on any atom is 0.223 e. The highest BCUT2D eigenvalue weighted by Gasteiger charge is 2.38. The lowest BCUT2D eigenvalue weighted by Gasteiger charge is -2.39. The molecule has 134 valence electrons. The summed E-state index contributed by atoms with van der Waals surface area (Å²) in [6, 6.07) is 8.75. The molecule has 0 aromatic heterocycles. The first-order valence-corrected chi connectivity index (χ1v) is 9.19. The summed E-state index contributed by atoms with van der Waals surface area (Å²) in [6.07, 6.45) is 5.33. The van der Waals surface area contributed by atoms with Gasteiger partial charge in [-0.1, -0.05) is 38.1 Å². The lowest BCUT2D eigenvalue weighted by atomic mass is 9.77. The summed E-state index contributed by atoms with van der Waals surface area (Å²) >= 11 is 0. The van der Waals surface area contributed by atoms with E-state index in [0.29, 0.717) is 23.7 Å². The quantitative estimate of drug-likeness (QED) is 0.896. The van der Waals surface area contributed by atoms with Gasteiger partial charge in [0.25, 0.3) is 0 Å². The Labute approximate surface area is 152 Å². The predicted octanol–water partition coefficient (Wildman–Crippen LogP) is 3.77. The van der Waals surface area contributed by atoms with Crippen LogP contribution in [0.3, 0.4) is 0 Å². The molecule has 1 aromatic carbocycles. The molecule has 2 aliphatic rings. The molecule has 2 aliphatic heterocycles. The van der Waals surface area contributed by atoms with E-state index in [1.807, 2.05) is 0 Å². The second-order valence-electron chi connectivity index (χ2n) is 7.51. The van der Waals surface area contributed by atoms with Gasteiger partial charge in [-0.05, 0) is 54.7 Å². The summed E-state index contributed by atoms with van der Waals surface area (Å²) in [5.41, 5.74) is 3.13. The molecule has 2 heterocycles. The molecule has 3 nitrogen and oxygen atoms in total. The number of likely N-dealkylation sites (tertiary alicyclic amines) is 1. The molecule has 1 spiro atoms. The summed E-state index contributed by atoms with van der Waals surface area (Å²) in [6.45, 7) is 8.54. The van der Waals surface area contributed by atoms with Gasteiger partial charge in [0.2, 0.25) is 5.91 Å². The number of benzene rings is 1. The highest BCUT2D eigenvalue weighted by atomic mass is 35.5. The van der Waals surface area contributed by atoms with E-state index in [4.69, 9.17) is 0 Å². The maximum absolute atomic E-state index is 12.6. The van der Waals surface area contributed by atoms with E-state index < -0.39 is 0 Å². The van der Waals surface area contributed by atoms with Crippen molar-refractivity contribution in [3.8, 4) is 0 Å². The van der Waals surface area contributed by atoms with Gasteiger partial charge in [0.15, 0.2) is 0 Å². The molecule has 4 heteroatoms. The number of amides is 1. The molecule has 0 radical (unpaired) electrons. The van der Waals surface area contributed by atoms with Crippen LogP contribution in [0.5, 0.6) is 0 Å². The smallest absolute Gasteiger partial charge is 0.223 e. The molecule has 0 aliphatic carbocycles. The van der Waals surface area contributed by atoms with Gasteiger partial charge in [0, 0.05) is 26.1 Å². The van der Waals surface area contributed by atoms with E-state index in [1.54, 1.807) is 0 Å². The van der Waals surface area contributed by atoms with Gasteiger partial charge >= 0.3 is 0 Å². The minimum absolute atomic E-state index is 0. The van der Waals surface area contributed by atoms with Crippen LogP contribution in [0.15, 0.2) is 24.3 Å². The number of nitrogens with zero attached hydrogens (tertiary/aromatic N) is 1. The van der Waals surface area contributed by atoms with Crippen LogP contribution in [0.25, 0.3) is 0 Å². The van der Waals surface area contributed by atoms with Crippen molar-refractivity contribution in [1.82, 2.24) is 10.2 Å². The summed E-state index contributed by atoms with van der Waals surface area (Å²) < 4.78 is 0. The Bertz CT molecular complexity index is 527. The van der Waals surface area contributed by atoms with Crippen molar-refractivity contribution in [3.63, 3.8) is 0 Å². The number of carbonyl (C=O) groups excluding carboxylic acids is 1. The monoisotopic (exact) mass is 350 g/mol. The Kier molecular flexibility index (Phi) is 6.70. The molecule has 2 fully saturated rings. The van der Waals surface area contributed by atoms with Gasteiger partial charge in [-0.15, -0.1) is 12.4 Å². The first-order valence-electron chi connectivity index (χ1n) is 9.19. The Hall–Kier alpha value is -1.06. The molecule has 3 rings (SSSR count). The summed E-state index contributed by atoms with van der Waals surface area (Å²) in [5, 5.41) is 3.49. The fourth-order valence-electron chi connectivity index (χ4n) is 4.04. The molecule has 0 saturated carbocycles. The van der Waals surface area contributed by atoms with Gasteiger partial charge < -0.3 is 10.2 Å². The largest absolute Gasteiger partial charge is 0.343 e. The molecule has 0 bridgehead atoms. The Morgan fingerprint density at radius 3 is 2.42 bits per heavy atom. The van der Waals surface area contributed by atoms with E-state index in [-0.39, 0.29) is 12.4 Å². The number of carbonyl (C=O) groups is 1. The second-order valence-corrected chi connectivity index (χ2v) is 7.51. The third kappa shape index (κ3) is 4.31. The number of hydrogen-bond donors (Lipinski definition) is 1. The fourth-order valence-corrected chi connectivity index (χ4v) is 4.04. The number of halogens is 1. The lowest BCUT2D eigenvalue weighted by Crippen LogP contribution is -2.44. The van der Waals surface area contributed by atoms with E-state index in [0.717, 1.165) is 32.6 Å². The summed E-state index contributed by atoms with van der Waals surface area (Å²) in [4.78, 5) is 14.7. The number of aryl methyl sites for hydroxylation is 1. The molecular weight excluding hydrogens is 320 g/mol. The average Bonchev–Trinajstić information content (AvgIpc) is 3.03. The third-order valence-electron chi connectivity index (χ3n) is 5.95. The van der Waals surface area contributed by atoms with Crippen LogP contribution in [-0.2, 0) is 11.2 Å². The van der Waals surface area contributed by atoms with Crippen molar-refractivity contribution < 1.29 is 4.79 Å². The normalized spacial score (nSPS) is 20.7. The van der Waals surface area contributed by atoms with Crippen molar-refractivity contribution in [1.29, 1.82) is 0 Å². The lowest BCUT2D eigenvalue weighted by molar-refractivity contribution is -0.133. The first kappa shape index (κ1) is 19.3. The van der Waals surface area contributed by atoms with Crippen molar-refractivity contribution in [3.05, 3.63) is 35.4 Å². The van der Waals surface area contributed by atoms with Gasteiger partial charge in [-0.3, -0.25) is 4.79 Å². The van der Waals surface area contributed by atoms with Gasteiger partial charge in [0.1, 0.15) is 0 Å². The first-order chi connectivity index (χ1) is 11.1. The van der Waals surface area contributed by atoms with E-state index in [1.165, 1.54) is 30.4 Å². The highest BCUT2D eigenvalue weighted by molar-refractivity contribution is 5.85. The van der Waals surface area contributed by atoms with Crippen LogP contribution in [0.1, 0.15) is 56.6 Å². The molecule has 1 aromatic rings. The zero-order valence-electron chi connectivity index (χ0n) is 15.0. The Balaban J connectivity index is 0.00000208. The molecule has 1 N–H and O–H groups in total. The Morgan fingerprint density at radius 2 is 1.88 bits per heavy atom. The van der Waals surface area contributed by atoms with Gasteiger partial charge in [0.05, 0.1) is 0 Å². The topological polar surface area (TPSA) is 32.3 Å². The van der Waals surface area contributed by atoms with Gasteiger partial charge in [-0.2, -0.15) is 0 Å². The minimum Gasteiger partial charge on any atom is -0.343 e. The average molecular weight is 351 g/mol. The van der Waals surface area contributed by atoms with Crippen molar-refractivity contribution in [2.24, 2.45) is 5.41 Å². The van der Waals surface area contributed by atoms with Crippen LogP contribution in [0.2, 0.25) is 0 Å². The molecular formula is C20H31ClN2O. The number of nitrogens with one attached hydrogen (secondary N) is 1. The van der Waals surface area contributed by atoms with E-state index in [2.05, 4.69) is 48.3 Å². The number of rotatable bonds is 4. The van der Waals surface area contributed by atoms with Crippen LogP contribution in [0, 0.1) is 5.41 Å². The maximum atomic E-state index is 12.6. The SMILES string of the molecule is CCc1ccc(C(C)CC(=O)N2CCC3(CCNC3)CC2)cc1.Cl. The Morgan fingerprint density at radius 1 is 1.21 bits per heavy atom. The van der Waals surface area contributed by atoms with Crippen LogP contribution >= 0.6 is 12.4 Å². The van der Waals surface area contributed by atoms with E-state index >= 15 is 0 Å². The second kappa shape index (κ2) is 8.35. The van der Waals surface area contributed by atoms with Crippen molar-refractivity contribution >= 4 is 18.3 Å². The summed E-state index contributed by atoms with van der Waals surface area (Å²) in [5.74, 6) is 0.635. The zero-order chi connectivity index (χ0) is 16.3. The zero-order valence-corrected chi connectivity index (χ0v) is 15.8. The summed E-state index contributed by atoms with van der Waals surface area (Å²) in [7, 11) is 0. The third-order valence-corrected chi connectivity index (χ3v) is 5.95. The highest BCUT2D eigenvalue weighted by Crippen LogP contribution is 2.37. The van der Waals surface area contributed by atoms with Gasteiger partial charge in [-0.25, -0.2) is 0 Å². The van der Waals surface area contributed by atoms with Crippen molar-refractivity contribution in [2.75, 3.05) is 26.2 Å². The number of piperidine rings is 1.